The van der Waals surface area contributed by atoms with Gasteiger partial charge in [0.1, 0.15) is 5.82 Å². The lowest BCUT2D eigenvalue weighted by Gasteiger charge is -2.11. The Kier molecular flexibility index (Phi) is 4.37. The van der Waals surface area contributed by atoms with Crippen LogP contribution in [0.25, 0.3) is 0 Å². The second-order valence-electron chi connectivity index (χ2n) is 4.10. The van der Waals surface area contributed by atoms with Crippen molar-refractivity contribution in [1.82, 2.24) is 20.6 Å². The number of urea groups is 1. The first kappa shape index (κ1) is 11.9. The van der Waals surface area contributed by atoms with Crippen molar-refractivity contribution in [2.45, 2.75) is 25.3 Å². The second kappa shape index (κ2) is 6.24. The molecule has 1 aliphatic rings. The molecule has 0 bridgehead atoms. The first-order valence-electron chi connectivity index (χ1n) is 5.95. The second-order valence-corrected chi connectivity index (χ2v) is 4.10. The molecule has 0 radical (unpaired) electrons. The van der Waals surface area contributed by atoms with Gasteiger partial charge in [-0.2, -0.15) is 0 Å². The number of carbonyl (C=O) groups is 1. The number of nitrogens with one attached hydrogen (secondary N) is 3. The fourth-order valence-electron chi connectivity index (χ4n) is 1.78. The van der Waals surface area contributed by atoms with Gasteiger partial charge in [-0.15, -0.1) is 0 Å². The Hall–Kier alpha value is -1.56. The standard InChI is InChI=1S/C11H18N4O2/c16-11(15-9-3-7-17-8-9)14-4-1-2-10-12-5-6-13-10/h5-6,9H,1-4,7-8H2,(H,12,13)(H2,14,15,16). The highest BCUT2D eigenvalue weighted by molar-refractivity contribution is 5.74. The van der Waals surface area contributed by atoms with Gasteiger partial charge in [-0.3, -0.25) is 0 Å². The van der Waals surface area contributed by atoms with Crippen LogP contribution in [0.5, 0.6) is 0 Å². The summed E-state index contributed by atoms with van der Waals surface area (Å²) >= 11 is 0. The molecule has 1 aromatic heterocycles. The number of amides is 2. The molecule has 17 heavy (non-hydrogen) atoms. The zero-order valence-corrected chi connectivity index (χ0v) is 9.74. The van der Waals surface area contributed by atoms with Gasteiger partial charge in [0.2, 0.25) is 0 Å². The van der Waals surface area contributed by atoms with Crippen LogP contribution in [-0.4, -0.2) is 41.8 Å². The van der Waals surface area contributed by atoms with Gasteiger partial charge in [0.25, 0.3) is 0 Å². The number of rotatable bonds is 5. The average Bonchev–Trinajstić information content (AvgIpc) is 2.96. The number of aromatic nitrogens is 2. The molecule has 1 fully saturated rings. The van der Waals surface area contributed by atoms with Crippen LogP contribution in [-0.2, 0) is 11.2 Å². The van der Waals surface area contributed by atoms with Crippen LogP contribution in [0, 0.1) is 0 Å². The van der Waals surface area contributed by atoms with Gasteiger partial charge in [0.05, 0.1) is 12.6 Å². The van der Waals surface area contributed by atoms with Gasteiger partial charge in [-0.1, -0.05) is 0 Å². The van der Waals surface area contributed by atoms with Gasteiger partial charge < -0.3 is 20.4 Å². The van der Waals surface area contributed by atoms with E-state index in [0.717, 1.165) is 31.7 Å². The highest BCUT2D eigenvalue weighted by Gasteiger charge is 2.17. The Morgan fingerprint density at radius 2 is 2.59 bits per heavy atom. The Balaban J connectivity index is 1.53. The third-order valence-corrected chi connectivity index (χ3v) is 2.70. The van der Waals surface area contributed by atoms with E-state index in [1.807, 2.05) is 0 Å². The normalized spacial score (nSPS) is 19.2. The summed E-state index contributed by atoms with van der Waals surface area (Å²) in [5.41, 5.74) is 0. The molecule has 3 N–H and O–H groups in total. The van der Waals surface area contributed by atoms with Crippen molar-refractivity contribution in [3.05, 3.63) is 18.2 Å². The van der Waals surface area contributed by atoms with Crippen LogP contribution in [0.2, 0.25) is 0 Å². The number of aryl methyl sites for hydroxylation is 1. The maximum absolute atomic E-state index is 11.5. The van der Waals surface area contributed by atoms with E-state index in [9.17, 15) is 4.79 Å². The highest BCUT2D eigenvalue weighted by Crippen LogP contribution is 2.02. The molecule has 0 spiro atoms. The van der Waals surface area contributed by atoms with E-state index in [-0.39, 0.29) is 12.1 Å². The molecule has 2 rings (SSSR count). The molecule has 94 valence electrons. The lowest BCUT2D eigenvalue weighted by Crippen LogP contribution is -2.42. The Morgan fingerprint density at radius 3 is 3.29 bits per heavy atom. The molecule has 6 heteroatoms. The monoisotopic (exact) mass is 238 g/mol. The first-order chi connectivity index (χ1) is 8.34. The maximum Gasteiger partial charge on any atom is 0.315 e. The van der Waals surface area contributed by atoms with Crippen molar-refractivity contribution in [3.63, 3.8) is 0 Å². The molecular formula is C11H18N4O2. The van der Waals surface area contributed by atoms with E-state index in [2.05, 4.69) is 20.6 Å². The molecule has 1 aromatic rings. The van der Waals surface area contributed by atoms with Crippen LogP contribution in [0.3, 0.4) is 0 Å². The molecule has 0 aromatic carbocycles. The average molecular weight is 238 g/mol. The topological polar surface area (TPSA) is 79.0 Å². The van der Waals surface area contributed by atoms with Gasteiger partial charge in [0, 0.05) is 32.0 Å². The third-order valence-electron chi connectivity index (χ3n) is 2.70. The van der Waals surface area contributed by atoms with Crippen molar-refractivity contribution < 1.29 is 9.53 Å². The van der Waals surface area contributed by atoms with Gasteiger partial charge in [-0.05, 0) is 12.8 Å². The van der Waals surface area contributed by atoms with Crippen molar-refractivity contribution in [2.24, 2.45) is 0 Å². The Labute approximate surface area is 100 Å². The predicted octanol–water partition coefficient (Wildman–Crippen LogP) is 0.430. The number of hydrogen-bond acceptors (Lipinski definition) is 3. The van der Waals surface area contributed by atoms with Crippen LogP contribution in [0.1, 0.15) is 18.7 Å². The first-order valence-corrected chi connectivity index (χ1v) is 5.95. The molecule has 1 saturated heterocycles. The summed E-state index contributed by atoms with van der Waals surface area (Å²) in [6, 6.07) is 0.0556. The summed E-state index contributed by atoms with van der Waals surface area (Å²) in [7, 11) is 0. The molecule has 1 unspecified atom stereocenters. The summed E-state index contributed by atoms with van der Waals surface area (Å²) < 4.78 is 5.18. The maximum atomic E-state index is 11.5. The van der Waals surface area contributed by atoms with Gasteiger partial charge in [0.15, 0.2) is 0 Å². The van der Waals surface area contributed by atoms with Crippen molar-refractivity contribution in [1.29, 1.82) is 0 Å². The lowest BCUT2D eigenvalue weighted by atomic mass is 10.3. The number of hydrogen-bond donors (Lipinski definition) is 3. The van der Waals surface area contributed by atoms with E-state index < -0.39 is 0 Å². The van der Waals surface area contributed by atoms with Crippen LogP contribution in [0.15, 0.2) is 12.4 Å². The number of carbonyl (C=O) groups excluding carboxylic acids is 1. The number of ether oxygens (including phenoxy) is 1. The molecule has 1 atom stereocenters. The Morgan fingerprint density at radius 1 is 1.65 bits per heavy atom. The van der Waals surface area contributed by atoms with E-state index in [1.54, 1.807) is 12.4 Å². The van der Waals surface area contributed by atoms with Crippen LogP contribution >= 0.6 is 0 Å². The summed E-state index contributed by atoms with van der Waals surface area (Å²) in [5, 5.41) is 5.70. The molecule has 6 nitrogen and oxygen atoms in total. The minimum absolute atomic E-state index is 0.111. The van der Waals surface area contributed by atoms with Gasteiger partial charge in [-0.25, -0.2) is 9.78 Å². The molecule has 0 saturated carbocycles. The summed E-state index contributed by atoms with van der Waals surface area (Å²) in [6.45, 7) is 2.02. The smallest absolute Gasteiger partial charge is 0.315 e. The molecular weight excluding hydrogens is 220 g/mol. The fourth-order valence-corrected chi connectivity index (χ4v) is 1.78. The zero-order chi connectivity index (χ0) is 11.9. The Bertz CT molecular complexity index is 333. The summed E-state index contributed by atoms with van der Waals surface area (Å²) in [6.07, 6.45) is 6.16. The molecule has 2 heterocycles. The SMILES string of the molecule is O=C(NCCCc1ncc[nH]1)NC1CCOC1. The quantitative estimate of drug-likeness (QED) is 0.651. The van der Waals surface area contributed by atoms with E-state index >= 15 is 0 Å². The van der Waals surface area contributed by atoms with E-state index in [4.69, 9.17) is 4.74 Å². The van der Waals surface area contributed by atoms with E-state index in [1.165, 1.54) is 0 Å². The van der Waals surface area contributed by atoms with Crippen molar-refractivity contribution in [2.75, 3.05) is 19.8 Å². The number of nitrogens with zero attached hydrogens (tertiary/aromatic N) is 1. The lowest BCUT2D eigenvalue weighted by molar-refractivity contribution is 0.188. The summed E-state index contributed by atoms with van der Waals surface area (Å²) in [5.74, 6) is 0.955. The third kappa shape index (κ3) is 4.07. The van der Waals surface area contributed by atoms with Crippen molar-refractivity contribution in [3.8, 4) is 0 Å². The van der Waals surface area contributed by atoms with Gasteiger partial charge >= 0.3 is 6.03 Å². The van der Waals surface area contributed by atoms with E-state index in [0.29, 0.717) is 13.2 Å². The number of aromatic amines is 1. The largest absolute Gasteiger partial charge is 0.379 e. The van der Waals surface area contributed by atoms with Crippen molar-refractivity contribution >= 4 is 6.03 Å². The molecule has 2 amide bonds. The van der Waals surface area contributed by atoms with Crippen LogP contribution < -0.4 is 10.6 Å². The number of H-pyrrole nitrogens is 1. The predicted molar refractivity (Wildman–Crippen MR) is 62.7 cm³/mol. The fraction of sp³-hybridized carbons (Fsp3) is 0.636. The molecule has 1 aliphatic heterocycles. The molecule has 0 aliphatic carbocycles. The highest BCUT2D eigenvalue weighted by atomic mass is 16.5. The van der Waals surface area contributed by atoms with Crippen LogP contribution in [0.4, 0.5) is 4.79 Å². The zero-order valence-electron chi connectivity index (χ0n) is 9.74. The summed E-state index contributed by atoms with van der Waals surface area (Å²) in [4.78, 5) is 18.6. The minimum Gasteiger partial charge on any atom is -0.379 e. The minimum atomic E-state index is -0.111. The number of imidazole rings is 1.